The summed E-state index contributed by atoms with van der Waals surface area (Å²) in [5, 5.41) is 6.54. The molecule has 1 aliphatic heterocycles. The Balaban J connectivity index is 2.03. The molecule has 2 rings (SSSR count). The maximum atomic E-state index is 5.51. The van der Waals surface area contributed by atoms with Gasteiger partial charge in [-0.05, 0) is 19.8 Å². The predicted molar refractivity (Wildman–Crippen MR) is 116 cm³/mol. The number of thiazole rings is 1. The lowest BCUT2D eigenvalue weighted by Crippen LogP contribution is -2.48. The SMILES string of the molecule is CCNC(=NCC(C(C)C)N1CCOCC1)N(C)Cc1csc(C(C)OC)n1. The Morgan fingerprint density at radius 2 is 2.11 bits per heavy atom. The van der Waals surface area contributed by atoms with Crippen LogP contribution in [-0.2, 0) is 16.0 Å². The van der Waals surface area contributed by atoms with Crippen LogP contribution in [0.2, 0.25) is 0 Å². The van der Waals surface area contributed by atoms with E-state index in [0.29, 0.717) is 12.0 Å². The molecule has 1 fully saturated rings. The molecule has 7 nitrogen and oxygen atoms in total. The number of aromatic nitrogens is 1. The molecule has 0 aromatic carbocycles. The number of morpholine rings is 1. The average Bonchev–Trinajstić information content (AvgIpc) is 3.15. The Labute approximate surface area is 174 Å². The normalized spacial score (nSPS) is 18.3. The van der Waals surface area contributed by atoms with Crippen molar-refractivity contribution in [2.24, 2.45) is 10.9 Å². The van der Waals surface area contributed by atoms with Crippen LogP contribution in [0, 0.1) is 5.92 Å². The summed E-state index contributed by atoms with van der Waals surface area (Å²) in [7, 11) is 3.78. The molecule has 1 aliphatic rings. The summed E-state index contributed by atoms with van der Waals surface area (Å²) in [5.74, 6) is 1.47. The van der Waals surface area contributed by atoms with Gasteiger partial charge in [0.25, 0.3) is 0 Å². The van der Waals surface area contributed by atoms with E-state index in [4.69, 9.17) is 19.5 Å². The Hall–Kier alpha value is -1.22. The van der Waals surface area contributed by atoms with Gasteiger partial charge in [-0.3, -0.25) is 9.89 Å². The van der Waals surface area contributed by atoms with Crippen molar-refractivity contribution in [1.82, 2.24) is 20.1 Å². The molecule has 28 heavy (non-hydrogen) atoms. The van der Waals surface area contributed by atoms with Crippen LogP contribution in [0.15, 0.2) is 10.4 Å². The topological polar surface area (TPSA) is 62.2 Å². The predicted octanol–water partition coefficient (Wildman–Crippen LogP) is 2.60. The third kappa shape index (κ3) is 6.69. The van der Waals surface area contributed by atoms with Crippen molar-refractivity contribution in [3.63, 3.8) is 0 Å². The minimum Gasteiger partial charge on any atom is -0.379 e. The van der Waals surface area contributed by atoms with E-state index < -0.39 is 0 Å². The number of hydrogen-bond acceptors (Lipinski definition) is 6. The second kappa shape index (κ2) is 11.7. The molecule has 2 unspecified atom stereocenters. The van der Waals surface area contributed by atoms with Crippen LogP contribution >= 0.6 is 11.3 Å². The maximum absolute atomic E-state index is 5.51. The molecule has 0 radical (unpaired) electrons. The number of methoxy groups -OCH3 is 1. The van der Waals surface area contributed by atoms with Gasteiger partial charge >= 0.3 is 0 Å². The first kappa shape index (κ1) is 23.1. The number of rotatable bonds is 9. The number of guanidine groups is 1. The second-order valence-corrected chi connectivity index (χ2v) is 8.46. The molecule has 8 heteroatoms. The number of nitrogens with zero attached hydrogens (tertiary/aromatic N) is 4. The van der Waals surface area contributed by atoms with E-state index in [-0.39, 0.29) is 6.10 Å². The van der Waals surface area contributed by atoms with Crippen LogP contribution in [0.5, 0.6) is 0 Å². The fraction of sp³-hybridized carbons (Fsp3) is 0.800. The zero-order chi connectivity index (χ0) is 20.5. The fourth-order valence-corrected chi connectivity index (χ4v) is 4.15. The van der Waals surface area contributed by atoms with Crippen molar-refractivity contribution >= 4 is 17.3 Å². The van der Waals surface area contributed by atoms with Crippen LogP contribution in [0.1, 0.15) is 44.5 Å². The highest BCUT2D eigenvalue weighted by atomic mass is 32.1. The average molecular weight is 412 g/mol. The van der Waals surface area contributed by atoms with Crippen LogP contribution in [-0.4, -0.2) is 80.3 Å². The first-order valence-electron chi connectivity index (χ1n) is 10.2. The smallest absolute Gasteiger partial charge is 0.194 e. The zero-order valence-corrected chi connectivity index (χ0v) is 19.1. The molecule has 0 aliphatic carbocycles. The summed E-state index contributed by atoms with van der Waals surface area (Å²) in [6.45, 7) is 14.7. The molecule has 0 bridgehead atoms. The maximum Gasteiger partial charge on any atom is 0.194 e. The van der Waals surface area contributed by atoms with Crippen molar-refractivity contribution in [2.75, 3.05) is 53.6 Å². The molecule has 1 aromatic heterocycles. The lowest BCUT2D eigenvalue weighted by molar-refractivity contribution is 0.00863. The van der Waals surface area contributed by atoms with E-state index in [0.717, 1.165) is 62.6 Å². The minimum absolute atomic E-state index is 0.0336. The van der Waals surface area contributed by atoms with Crippen LogP contribution in [0.25, 0.3) is 0 Å². The summed E-state index contributed by atoms with van der Waals surface area (Å²) in [5.41, 5.74) is 1.05. The van der Waals surface area contributed by atoms with E-state index in [1.807, 2.05) is 6.92 Å². The van der Waals surface area contributed by atoms with Gasteiger partial charge in [0.1, 0.15) is 11.1 Å². The molecule has 160 valence electrons. The van der Waals surface area contributed by atoms with E-state index >= 15 is 0 Å². The largest absolute Gasteiger partial charge is 0.379 e. The molecule has 1 saturated heterocycles. The van der Waals surface area contributed by atoms with Gasteiger partial charge in [-0.25, -0.2) is 4.98 Å². The first-order chi connectivity index (χ1) is 13.5. The Morgan fingerprint density at radius 1 is 1.39 bits per heavy atom. The molecule has 0 spiro atoms. The monoisotopic (exact) mass is 411 g/mol. The molecular formula is C20H37N5O2S. The van der Waals surface area contributed by atoms with Gasteiger partial charge < -0.3 is 19.7 Å². The highest BCUT2D eigenvalue weighted by Crippen LogP contribution is 2.21. The lowest BCUT2D eigenvalue weighted by Gasteiger charge is -2.36. The molecule has 0 saturated carbocycles. The third-order valence-corrected chi connectivity index (χ3v) is 6.13. The standard InChI is InChI=1S/C20H37N5O2S/c1-7-21-20(22-12-18(15(2)3)25-8-10-27-11-9-25)24(5)13-17-14-28-19(23-17)16(4)26-6/h14-16,18H,7-13H2,1-6H3,(H,21,22). The van der Waals surface area contributed by atoms with Crippen molar-refractivity contribution < 1.29 is 9.47 Å². The molecule has 1 aromatic rings. The second-order valence-electron chi connectivity index (χ2n) is 7.57. The summed E-state index contributed by atoms with van der Waals surface area (Å²) < 4.78 is 10.9. The van der Waals surface area contributed by atoms with Crippen LogP contribution in [0.3, 0.4) is 0 Å². The van der Waals surface area contributed by atoms with Gasteiger partial charge in [0.15, 0.2) is 5.96 Å². The first-order valence-corrected chi connectivity index (χ1v) is 11.1. The number of hydrogen-bond donors (Lipinski definition) is 1. The van der Waals surface area contributed by atoms with E-state index in [1.165, 1.54) is 0 Å². The molecule has 1 N–H and O–H groups in total. The van der Waals surface area contributed by atoms with Gasteiger partial charge in [0.2, 0.25) is 0 Å². The van der Waals surface area contributed by atoms with Gasteiger partial charge in [-0.2, -0.15) is 0 Å². The van der Waals surface area contributed by atoms with Crippen LogP contribution < -0.4 is 5.32 Å². The lowest BCUT2D eigenvalue weighted by atomic mass is 10.0. The summed E-state index contributed by atoms with van der Waals surface area (Å²) >= 11 is 1.65. The highest BCUT2D eigenvalue weighted by Gasteiger charge is 2.24. The van der Waals surface area contributed by atoms with Crippen molar-refractivity contribution in [3.05, 3.63) is 16.1 Å². The van der Waals surface area contributed by atoms with Gasteiger partial charge in [-0.1, -0.05) is 13.8 Å². The highest BCUT2D eigenvalue weighted by molar-refractivity contribution is 7.09. The van der Waals surface area contributed by atoms with Gasteiger partial charge in [-0.15, -0.1) is 11.3 Å². The third-order valence-electron chi connectivity index (χ3n) is 5.08. The van der Waals surface area contributed by atoms with E-state index in [2.05, 4.69) is 48.3 Å². The number of aliphatic imine (C=N–C) groups is 1. The van der Waals surface area contributed by atoms with E-state index in [9.17, 15) is 0 Å². The minimum atomic E-state index is 0.0336. The Kier molecular flexibility index (Phi) is 9.64. The van der Waals surface area contributed by atoms with Gasteiger partial charge in [0, 0.05) is 45.2 Å². The Morgan fingerprint density at radius 3 is 2.71 bits per heavy atom. The van der Waals surface area contributed by atoms with E-state index in [1.54, 1.807) is 18.4 Å². The molecule has 2 atom stereocenters. The van der Waals surface area contributed by atoms with Crippen molar-refractivity contribution in [3.8, 4) is 0 Å². The number of nitrogens with one attached hydrogen (secondary N) is 1. The van der Waals surface area contributed by atoms with Crippen molar-refractivity contribution in [1.29, 1.82) is 0 Å². The fourth-order valence-electron chi connectivity index (χ4n) is 3.31. The van der Waals surface area contributed by atoms with Gasteiger partial charge in [0.05, 0.1) is 32.0 Å². The molecular weight excluding hydrogens is 374 g/mol. The number of ether oxygens (including phenoxy) is 2. The molecule has 0 amide bonds. The summed E-state index contributed by atoms with van der Waals surface area (Å²) in [6.07, 6.45) is 0.0336. The summed E-state index contributed by atoms with van der Waals surface area (Å²) in [4.78, 5) is 14.3. The Bertz CT molecular complexity index is 601. The van der Waals surface area contributed by atoms with Crippen molar-refractivity contribution in [2.45, 2.75) is 46.4 Å². The van der Waals surface area contributed by atoms with Crippen LogP contribution in [0.4, 0.5) is 0 Å². The summed E-state index contributed by atoms with van der Waals surface area (Å²) in [6, 6.07) is 0.430. The quantitative estimate of drug-likeness (QED) is 0.498. The molecule has 2 heterocycles. The zero-order valence-electron chi connectivity index (χ0n) is 18.3.